The second-order valence-corrected chi connectivity index (χ2v) is 6.95. The lowest BCUT2D eigenvalue weighted by atomic mass is 9.95. The van der Waals surface area contributed by atoms with Crippen molar-refractivity contribution in [3.8, 4) is 0 Å². The summed E-state index contributed by atoms with van der Waals surface area (Å²) in [6.45, 7) is 1.78. The van der Waals surface area contributed by atoms with E-state index in [-0.39, 0.29) is 23.5 Å². The van der Waals surface area contributed by atoms with Gasteiger partial charge in [-0.1, -0.05) is 30.3 Å². The van der Waals surface area contributed by atoms with Crippen molar-refractivity contribution in [1.82, 2.24) is 10.2 Å². The fourth-order valence-electron chi connectivity index (χ4n) is 3.41. The fraction of sp³-hybridized carbons (Fsp3) is 0.364. The smallest absolute Gasteiger partial charge is 0.253 e. The molecule has 3 rings (SSSR count). The van der Waals surface area contributed by atoms with Crippen molar-refractivity contribution in [3.63, 3.8) is 0 Å². The number of halogens is 1. The quantitative estimate of drug-likeness (QED) is 0.794. The van der Waals surface area contributed by atoms with Crippen molar-refractivity contribution in [2.24, 2.45) is 5.92 Å². The summed E-state index contributed by atoms with van der Waals surface area (Å²) in [5.41, 5.74) is 1.76. The van der Waals surface area contributed by atoms with Crippen LogP contribution in [-0.4, -0.2) is 36.3 Å². The molecule has 1 aliphatic rings. The number of carbonyl (C=O) groups is 2. The SMILES string of the molecule is O=C(NCCCc1ccccc1)C1CCN(C(=O)c2ccc(F)cc2)CC1. The number of benzene rings is 2. The van der Waals surface area contributed by atoms with Crippen LogP contribution in [0, 0.1) is 11.7 Å². The van der Waals surface area contributed by atoms with E-state index in [2.05, 4.69) is 17.4 Å². The standard InChI is InChI=1S/C22H25FN2O2/c23-20-10-8-19(9-11-20)22(27)25-15-12-18(13-16-25)21(26)24-14-4-7-17-5-2-1-3-6-17/h1-3,5-6,8-11,18H,4,7,12-16H2,(H,24,26). The second kappa shape index (κ2) is 9.31. The zero-order chi connectivity index (χ0) is 19.1. The molecule has 0 spiro atoms. The van der Waals surface area contributed by atoms with E-state index in [1.54, 1.807) is 4.90 Å². The largest absolute Gasteiger partial charge is 0.356 e. The molecule has 0 saturated carbocycles. The third-order valence-electron chi connectivity index (χ3n) is 5.03. The minimum atomic E-state index is -0.353. The number of hydrogen-bond acceptors (Lipinski definition) is 2. The van der Waals surface area contributed by atoms with Crippen LogP contribution >= 0.6 is 0 Å². The number of aryl methyl sites for hydroxylation is 1. The third-order valence-corrected chi connectivity index (χ3v) is 5.03. The first-order chi connectivity index (χ1) is 13.1. The van der Waals surface area contributed by atoms with E-state index >= 15 is 0 Å². The summed E-state index contributed by atoms with van der Waals surface area (Å²) < 4.78 is 13.0. The van der Waals surface area contributed by atoms with Crippen LogP contribution in [0.5, 0.6) is 0 Å². The first-order valence-corrected chi connectivity index (χ1v) is 9.50. The van der Waals surface area contributed by atoms with Gasteiger partial charge in [-0.2, -0.15) is 0 Å². The number of rotatable bonds is 6. The van der Waals surface area contributed by atoms with Gasteiger partial charge in [-0.15, -0.1) is 0 Å². The average Bonchev–Trinajstić information content (AvgIpc) is 2.72. The van der Waals surface area contributed by atoms with Crippen LogP contribution in [0.2, 0.25) is 0 Å². The molecule has 27 heavy (non-hydrogen) atoms. The molecule has 0 bridgehead atoms. The van der Waals surface area contributed by atoms with Gasteiger partial charge in [0.05, 0.1) is 0 Å². The second-order valence-electron chi connectivity index (χ2n) is 6.95. The van der Waals surface area contributed by atoms with Gasteiger partial charge >= 0.3 is 0 Å². The van der Waals surface area contributed by atoms with E-state index in [0.717, 1.165) is 12.8 Å². The van der Waals surface area contributed by atoms with Crippen LogP contribution in [0.3, 0.4) is 0 Å². The summed E-state index contributed by atoms with van der Waals surface area (Å²) in [7, 11) is 0. The lowest BCUT2D eigenvalue weighted by Gasteiger charge is -2.31. The van der Waals surface area contributed by atoms with Gasteiger partial charge in [-0.25, -0.2) is 4.39 Å². The number of nitrogens with one attached hydrogen (secondary N) is 1. The number of piperidine rings is 1. The van der Waals surface area contributed by atoms with Crippen LogP contribution in [0.4, 0.5) is 4.39 Å². The van der Waals surface area contributed by atoms with Crippen molar-refractivity contribution >= 4 is 11.8 Å². The molecule has 0 radical (unpaired) electrons. The van der Waals surface area contributed by atoms with Crippen LogP contribution < -0.4 is 5.32 Å². The normalized spacial score (nSPS) is 14.8. The van der Waals surface area contributed by atoms with Gasteiger partial charge in [0, 0.05) is 31.1 Å². The molecule has 1 heterocycles. The maximum Gasteiger partial charge on any atom is 0.253 e. The van der Waals surface area contributed by atoms with E-state index in [9.17, 15) is 14.0 Å². The molecular weight excluding hydrogens is 343 g/mol. The van der Waals surface area contributed by atoms with E-state index in [0.29, 0.717) is 38.0 Å². The molecule has 1 N–H and O–H groups in total. The molecule has 1 fully saturated rings. The Kier molecular flexibility index (Phi) is 6.58. The highest BCUT2D eigenvalue weighted by atomic mass is 19.1. The van der Waals surface area contributed by atoms with Crippen LogP contribution in [-0.2, 0) is 11.2 Å². The number of carbonyl (C=O) groups excluding carboxylic acids is 2. The van der Waals surface area contributed by atoms with Crippen LogP contribution in [0.15, 0.2) is 54.6 Å². The molecule has 0 unspecified atom stereocenters. The minimum absolute atomic E-state index is 0.0426. The van der Waals surface area contributed by atoms with Crippen molar-refractivity contribution in [1.29, 1.82) is 0 Å². The summed E-state index contributed by atoms with van der Waals surface area (Å²) in [5.74, 6) is -0.415. The van der Waals surface area contributed by atoms with E-state index in [4.69, 9.17) is 0 Å². The lowest BCUT2D eigenvalue weighted by molar-refractivity contribution is -0.126. The zero-order valence-corrected chi connectivity index (χ0v) is 15.4. The first kappa shape index (κ1) is 19.1. The summed E-state index contributed by atoms with van der Waals surface area (Å²) in [6, 6.07) is 15.8. The topological polar surface area (TPSA) is 49.4 Å². The Balaban J connectivity index is 1.38. The van der Waals surface area contributed by atoms with Crippen molar-refractivity contribution in [2.45, 2.75) is 25.7 Å². The van der Waals surface area contributed by atoms with Crippen molar-refractivity contribution in [2.75, 3.05) is 19.6 Å². The van der Waals surface area contributed by atoms with E-state index < -0.39 is 0 Å². The molecule has 0 atom stereocenters. The van der Waals surface area contributed by atoms with Gasteiger partial charge in [0.2, 0.25) is 5.91 Å². The number of likely N-dealkylation sites (tertiary alicyclic amines) is 1. The molecule has 2 amide bonds. The fourth-order valence-corrected chi connectivity index (χ4v) is 3.41. The van der Waals surface area contributed by atoms with E-state index in [1.807, 2.05) is 18.2 Å². The Hall–Kier alpha value is -2.69. The minimum Gasteiger partial charge on any atom is -0.356 e. The molecule has 2 aromatic rings. The molecule has 142 valence electrons. The maximum absolute atomic E-state index is 13.0. The Morgan fingerprint density at radius 1 is 1.00 bits per heavy atom. The van der Waals surface area contributed by atoms with Crippen molar-refractivity contribution in [3.05, 3.63) is 71.5 Å². The maximum atomic E-state index is 13.0. The monoisotopic (exact) mass is 368 g/mol. The van der Waals surface area contributed by atoms with Crippen molar-refractivity contribution < 1.29 is 14.0 Å². The zero-order valence-electron chi connectivity index (χ0n) is 15.4. The Bertz CT molecular complexity index is 754. The molecule has 2 aromatic carbocycles. The highest BCUT2D eigenvalue weighted by Gasteiger charge is 2.27. The Morgan fingerprint density at radius 3 is 2.33 bits per heavy atom. The highest BCUT2D eigenvalue weighted by Crippen LogP contribution is 2.19. The van der Waals surface area contributed by atoms with E-state index in [1.165, 1.54) is 29.8 Å². The van der Waals surface area contributed by atoms with Gasteiger partial charge in [0.25, 0.3) is 5.91 Å². The number of amides is 2. The molecule has 1 aliphatic heterocycles. The third kappa shape index (κ3) is 5.39. The van der Waals surface area contributed by atoms with Gasteiger partial charge in [-0.05, 0) is 55.5 Å². The average molecular weight is 368 g/mol. The molecule has 0 aliphatic carbocycles. The summed E-state index contributed by atoms with van der Waals surface area (Å²) in [4.78, 5) is 26.5. The van der Waals surface area contributed by atoms with Crippen LogP contribution in [0.1, 0.15) is 35.2 Å². The molecule has 0 aromatic heterocycles. The predicted octanol–water partition coefficient (Wildman–Crippen LogP) is 3.43. The molecule has 4 nitrogen and oxygen atoms in total. The molecule has 5 heteroatoms. The summed E-state index contributed by atoms with van der Waals surface area (Å²) in [6.07, 6.45) is 3.19. The Morgan fingerprint density at radius 2 is 1.67 bits per heavy atom. The number of nitrogens with zero attached hydrogens (tertiary/aromatic N) is 1. The molecule has 1 saturated heterocycles. The summed E-state index contributed by atoms with van der Waals surface area (Å²) in [5, 5.41) is 3.02. The highest BCUT2D eigenvalue weighted by molar-refractivity contribution is 5.94. The van der Waals surface area contributed by atoms with Gasteiger partial charge in [-0.3, -0.25) is 9.59 Å². The van der Waals surface area contributed by atoms with Gasteiger partial charge in [0.15, 0.2) is 0 Å². The first-order valence-electron chi connectivity index (χ1n) is 9.50. The Labute approximate surface area is 159 Å². The predicted molar refractivity (Wildman–Crippen MR) is 103 cm³/mol. The van der Waals surface area contributed by atoms with Gasteiger partial charge in [0.1, 0.15) is 5.82 Å². The van der Waals surface area contributed by atoms with Crippen LogP contribution in [0.25, 0.3) is 0 Å². The summed E-state index contributed by atoms with van der Waals surface area (Å²) >= 11 is 0. The lowest BCUT2D eigenvalue weighted by Crippen LogP contribution is -2.43. The van der Waals surface area contributed by atoms with Gasteiger partial charge < -0.3 is 10.2 Å². The molecular formula is C22H25FN2O2. The number of hydrogen-bond donors (Lipinski definition) is 1.